The second kappa shape index (κ2) is 5.75. The Kier molecular flexibility index (Phi) is 4.06. The molecule has 0 amide bonds. The van der Waals surface area contributed by atoms with Gasteiger partial charge in [0.1, 0.15) is 0 Å². The number of hydrogen-bond acceptors (Lipinski definition) is 4. The first-order valence-corrected chi connectivity index (χ1v) is 5.92. The van der Waals surface area contributed by atoms with Gasteiger partial charge in [0, 0.05) is 31.8 Å². The molecule has 5 heteroatoms. The van der Waals surface area contributed by atoms with Crippen molar-refractivity contribution in [3.05, 3.63) is 39.9 Å². The van der Waals surface area contributed by atoms with Crippen molar-refractivity contribution in [3.8, 4) is 0 Å². The molecule has 1 aliphatic rings. The summed E-state index contributed by atoms with van der Waals surface area (Å²) in [4.78, 5) is 12.5. The first-order valence-electron chi connectivity index (χ1n) is 5.92. The highest BCUT2D eigenvalue weighted by Gasteiger charge is 2.10. The van der Waals surface area contributed by atoms with Crippen LogP contribution in [0.4, 0.5) is 5.69 Å². The third-order valence-corrected chi connectivity index (χ3v) is 2.99. The predicted molar refractivity (Wildman–Crippen MR) is 65.9 cm³/mol. The fraction of sp³-hybridized carbons (Fsp3) is 0.500. The number of nitrogens with zero attached hydrogens (tertiary/aromatic N) is 2. The number of rotatable bonds is 3. The van der Waals surface area contributed by atoms with E-state index in [0.717, 1.165) is 44.7 Å². The van der Waals surface area contributed by atoms with E-state index in [-0.39, 0.29) is 10.6 Å². The summed E-state index contributed by atoms with van der Waals surface area (Å²) in [5.41, 5.74) is 1.30. The smallest absolute Gasteiger partial charge is 0.269 e. The highest BCUT2D eigenvalue weighted by molar-refractivity contribution is 5.32. The van der Waals surface area contributed by atoms with Crippen LogP contribution in [0.25, 0.3) is 0 Å². The second-order valence-electron chi connectivity index (χ2n) is 4.30. The molecular weight excluding hydrogens is 218 g/mol. The Morgan fingerprint density at radius 2 is 2.00 bits per heavy atom. The Labute approximate surface area is 101 Å². The Morgan fingerprint density at radius 1 is 1.24 bits per heavy atom. The molecule has 1 aromatic carbocycles. The summed E-state index contributed by atoms with van der Waals surface area (Å²) < 4.78 is 0. The van der Waals surface area contributed by atoms with Gasteiger partial charge in [-0.15, -0.1) is 0 Å². The molecular formula is C12H17N3O2. The van der Waals surface area contributed by atoms with Crippen LogP contribution in [0, 0.1) is 10.1 Å². The minimum Gasteiger partial charge on any atom is -0.315 e. The van der Waals surface area contributed by atoms with E-state index in [1.54, 1.807) is 12.1 Å². The lowest BCUT2D eigenvalue weighted by Crippen LogP contribution is -2.27. The van der Waals surface area contributed by atoms with Crippen LogP contribution >= 0.6 is 0 Å². The maximum atomic E-state index is 10.5. The van der Waals surface area contributed by atoms with Crippen LogP contribution in [0.1, 0.15) is 12.0 Å². The molecule has 0 unspecified atom stereocenters. The molecule has 2 rings (SSSR count). The van der Waals surface area contributed by atoms with E-state index in [4.69, 9.17) is 0 Å². The topological polar surface area (TPSA) is 58.4 Å². The molecule has 0 aliphatic carbocycles. The SMILES string of the molecule is O=[N+]([O-])c1ccc(CN2CCCNCC2)cc1. The Hall–Kier alpha value is -1.46. The third-order valence-electron chi connectivity index (χ3n) is 2.99. The number of nitro groups is 1. The predicted octanol–water partition coefficient (Wildman–Crippen LogP) is 1.39. The number of hydrogen-bond donors (Lipinski definition) is 1. The molecule has 1 aliphatic heterocycles. The third kappa shape index (κ3) is 3.51. The molecule has 0 aromatic heterocycles. The van der Waals surface area contributed by atoms with E-state index >= 15 is 0 Å². The van der Waals surface area contributed by atoms with E-state index < -0.39 is 0 Å². The lowest BCUT2D eigenvalue weighted by Gasteiger charge is -2.19. The molecule has 1 fully saturated rings. The van der Waals surface area contributed by atoms with Crippen molar-refractivity contribution in [1.29, 1.82) is 0 Å². The minimum absolute atomic E-state index is 0.159. The van der Waals surface area contributed by atoms with Crippen molar-refractivity contribution in [2.24, 2.45) is 0 Å². The van der Waals surface area contributed by atoms with Gasteiger partial charge < -0.3 is 5.32 Å². The highest BCUT2D eigenvalue weighted by Crippen LogP contribution is 2.13. The summed E-state index contributed by atoms with van der Waals surface area (Å²) in [5.74, 6) is 0. The lowest BCUT2D eigenvalue weighted by molar-refractivity contribution is -0.384. The number of benzene rings is 1. The summed E-state index contributed by atoms with van der Waals surface area (Å²) in [5, 5.41) is 13.9. The summed E-state index contributed by atoms with van der Waals surface area (Å²) in [7, 11) is 0. The van der Waals surface area contributed by atoms with Gasteiger partial charge in [-0.2, -0.15) is 0 Å². The fourth-order valence-corrected chi connectivity index (χ4v) is 2.04. The van der Waals surface area contributed by atoms with Gasteiger partial charge in [-0.1, -0.05) is 12.1 Å². The van der Waals surface area contributed by atoms with Gasteiger partial charge in [0.25, 0.3) is 5.69 Å². The summed E-state index contributed by atoms with van der Waals surface area (Å²) in [6.45, 7) is 5.10. The van der Waals surface area contributed by atoms with Crippen molar-refractivity contribution in [1.82, 2.24) is 10.2 Å². The maximum Gasteiger partial charge on any atom is 0.269 e. The quantitative estimate of drug-likeness (QED) is 0.635. The molecule has 1 saturated heterocycles. The Bertz CT molecular complexity index is 370. The molecule has 92 valence electrons. The van der Waals surface area contributed by atoms with E-state index in [1.807, 2.05) is 12.1 Å². The van der Waals surface area contributed by atoms with E-state index in [9.17, 15) is 10.1 Å². The monoisotopic (exact) mass is 235 g/mol. The largest absolute Gasteiger partial charge is 0.315 e. The van der Waals surface area contributed by atoms with Crippen molar-refractivity contribution < 1.29 is 4.92 Å². The average molecular weight is 235 g/mol. The molecule has 0 radical (unpaired) electrons. The summed E-state index contributed by atoms with van der Waals surface area (Å²) in [6, 6.07) is 6.84. The van der Waals surface area contributed by atoms with Gasteiger partial charge in [0.15, 0.2) is 0 Å². The van der Waals surface area contributed by atoms with Crippen LogP contribution in [0.3, 0.4) is 0 Å². The minimum atomic E-state index is -0.361. The lowest BCUT2D eigenvalue weighted by atomic mass is 10.2. The van der Waals surface area contributed by atoms with Gasteiger partial charge in [0.2, 0.25) is 0 Å². The van der Waals surface area contributed by atoms with Crippen LogP contribution in [-0.2, 0) is 6.54 Å². The molecule has 0 bridgehead atoms. The zero-order valence-corrected chi connectivity index (χ0v) is 9.76. The molecule has 1 N–H and O–H groups in total. The van der Waals surface area contributed by atoms with Crippen molar-refractivity contribution in [2.75, 3.05) is 26.2 Å². The summed E-state index contributed by atoms with van der Waals surface area (Å²) >= 11 is 0. The van der Waals surface area contributed by atoms with Crippen LogP contribution in [0.2, 0.25) is 0 Å². The van der Waals surface area contributed by atoms with Crippen LogP contribution in [-0.4, -0.2) is 36.0 Å². The Balaban J connectivity index is 1.95. The Morgan fingerprint density at radius 3 is 2.71 bits per heavy atom. The average Bonchev–Trinajstić information content (AvgIpc) is 2.58. The zero-order chi connectivity index (χ0) is 12.1. The highest BCUT2D eigenvalue weighted by atomic mass is 16.6. The van der Waals surface area contributed by atoms with Crippen molar-refractivity contribution >= 4 is 5.69 Å². The van der Waals surface area contributed by atoms with Crippen LogP contribution in [0.5, 0.6) is 0 Å². The fourth-order valence-electron chi connectivity index (χ4n) is 2.04. The standard InChI is InChI=1S/C12H17N3O2/c16-15(17)12-4-2-11(3-5-12)10-14-8-1-6-13-7-9-14/h2-5,13H,1,6-10H2. The molecule has 5 nitrogen and oxygen atoms in total. The first-order chi connectivity index (χ1) is 8.25. The van der Waals surface area contributed by atoms with Gasteiger partial charge in [-0.05, 0) is 25.1 Å². The summed E-state index contributed by atoms with van der Waals surface area (Å²) in [6.07, 6.45) is 1.16. The van der Waals surface area contributed by atoms with E-state index in [2.05, 4.69) is 10.2 Å². The van der Waals surface area contributed by atoms with Gasteiger partial charge in [0.05, 0.1) is 4.92 Å². The molecule has 17 heavy (non-hydrogen) atoms. The van der Waals surface area contributed by atoms with E-state index in [1.165, 1.54) is 0 Å². The van der Waals surface area contributed by atoms with Gasteiger partial charge in [-0.3, -0.25) is 15.0 Å². The van der Waals surface area contributed by atoms with Crippen LogP contribution < -0.4 is 5.32 Å². The maximum absolute atomic E-state index is 10.5. The number of non-ortho nitro benzene ring substituents is 1. The zero-order valence-electron chi connectivity index (χ0n) is 9.76. The van der Waals surface area contributed by atoms with E-state index in [0.29, 0.717) is 0 Å². The number of nitrogens with one attached hydrogen (secondary N) is 1. The molecule has 1 aromatic rings. The van der Waals surface area contributed by atoms with Gasteiger partial charge in [-0.25, -0.2) is 0 Å². The second-order valence-corrected chi connectivity index (χ2v) is 4.30. The molecule has 0 atom stereocenters. The normalized spacial score (nSPS) is 17.6. The molecule has 0 spiro atoms. The van der Waals surface area contributed by atoms with Crippen molar-refractivity contribution in [3.63, 3.8) is 0 Å². The first kappa shape index (κ1) is 12.0. The van der Waals surface area contributed by atoms with Crippen LogP contribution in [0.15, 0.2) is 24.3 Å². The number of nitro benzene ring substituents is 1. The van der Waals surface area contributed by atoms with Gasteiger partial charge >= 0.3 is 0 Å². The van der Waals surface area contributed by atoms with Crippen molar-refractivity contribution in [2.45, 2.75) is 13.0 Å². The molecule has 1 heterocycles. The molecule has 0 saturated carbocycles.